The van der Waals surface area contributed by atoms with E-state index in [0.29, 0.717) is 10.3 Å². The smallest absolute Gasteiger partial charge is 0.175 e. The second-order valence-electron chi connectivity index (χ2n) is 4.42. The summed E-state index contributed by atoms with van der Waals surface area (Å²) >= 11 is 11.9. The van der Waals surface area contributed by atoms with Crippen molar-refractivity contribution >= 4 is 28.9 Å². The van der Waals surface area contributed by atoms with Gasteiger partial charge >= 0.3 is 0 Å². The molecule has 19 heavy (non-hydrogen) atoms. The highest BCUT2D eigenvalue weighted by Gasteiger charge is 2.24. The van der Waals surface area contributed by atoms with Gasteiger partial charge in [-0.05, 0) is 6.42 Å². The highest BCUT2D eigenvalue weighted by Crippen LogP contribution is 2.26. The molecule has 0 bridgehead atoms. The van der Waals surface area contributed by atoms with Crippen molar-refractivity contribution in [1.29, 1.82) is 5.26 Å². The van der Waals surface area contributed by atoms with Gasteiger partial charge in [0, 0.05) is 32.2 Å². The highest BCUT2D eigenvalue weighted by molar-refractivity contribution is 6.33. The molecular weight excluding hydrogens is 285 g/mol. The number of halogens is 2. The second-order valence-corrected chi connectivity index (χ2v) is 5.16. The fourth-order valence-corrected chi connectivity index (χ4v) is 2.62. The third-order valence-electron chi connectivity index (χ3n) is 3.33. The van der Waals surface area contributed by atoms with Crippen LogP contribution in [0.2, 0.25) is 10.3 Å². The van der Waals surface area contributed by atoms with Crippen LogP contribution < -0.4 is 4.90 Å². The summed E-state index contributed by atoms with van der Waals surface area (Å²) in [6, 6.07) is 4.06. The number of aromatic nitrogens is 2. The molecule has 0 aromatic carbocycles. The maximum atomic E-state index is 9.08. The Morgan fingerprint density at radius 1 is 1.32 bits per heavy atom. The third kappa shape index (κ3) is 3.27. The van der Waals surface area contributed by atoms with Crippen LogP contribution in [0.3, 0.4) is 0 Å². The molecule has 1 unspecified atom stereocenters. The maximum absolute atomic E-state index is 9.08. The molecule has 0 aliphatic carbocycles. The quantitative estimate of drug-likeness (QED) is 0.856. The number of nitriles is 1. The van der Waals surface area contributed by atoms with E-state index in [1.165, 1.54) is 0 Å². The molecular formula is C12H15Cl2N5. The fourth-order valence-electron chi connectivity index (χ4n) is 2.27. The van der Waals surface area contributed by atoms with Crippen molar-refractivity contribution < 1.29 is 0 Å². The summed E-state index contributed by atoms with van der Waals surface area (Å²) in [5, 5.41) is 17.3. The average Bonchev–Trinajstić information content (AvgIpc) is 2.44. The van der Waals surface area contributed by atoms with Gasteiger partial charge in [-0.2, -0.15) is 5.26 Å². The minimum atomic E-state index is -0.00299. The summed E-state index contributed by atoms with van der Waals surface area (Å²) in [4.78, 5) is 4.32. The number of hydrogen-bond acceptors (Lipinski definition) is 5. The number of hydrogen-bond donors (Lipinski definition) is 0. The first-order chi connectivity index (χ1) is 9.15. The molecule has 0 saturated carbocycles. The van der Waals surface area contributed by atoms with Gasteiger partial charge in [-0.3, -0.25) is 4.90 Å². The number of rotatable bonds is 3. The summed E-state index contributed by atoms with van der Waals surface area (Å²) in [6.45, 7) is 5.31. The molecule has 1 aromatic heterocycles. The summed E-state index contributed by atoms with van der Waals surface area (Å²) in [7, 11) is 0. The lowest BCUT2D eigenvalue weighted by atomic mass is 10.2. The van der Waals surface area contributed by atoms with Gasteiger partial charge in [0.1, 0.15) is 0 Å². The Hall–Kier alpha value is -1.09. The van der Waals surface area contributed by atoms with Crippen LogP contribution in [0.4, 0.5) is 5.69 Å². The van der Waals surface area contributed by atoms with Gasteiger partial charge in [-0.25, -0.2) is 0 Å². The van der Waals surface area contributed by atoms with Gasteiger partial charge < -0.3 is 4.90 Å². The van der Waals surface area contributed by atoms with E-state index >= 15 is 0 Å². The lowest BCUT2D eigenvalue weighted by Crippen LogP contribution is -2.50. The zero-order chi connectivity index (χ0) is 13.8. The fraction of sp³-hybridized carbons (Fsp3) is 0.583. The first-order valence-electron chi connectivity index (χ1n) is 6.23. The highest BCUT2D eigenvalue weighted by atomic mass is 35.5. The van der Waals surface area contributed by atoms with E-state index in [-0.39, 0.29) is 6.04 Å². The van der Waals surface area contributed by atoms with E-state index in [1.54, 1.807) is 6.07 Å². The van der Waals surface area contributed by atoms with Crippen molar-refractivity contribution in [3.8, 4) is 6.07 Å². The Labute approximate surface area is 122 Å². The Bertz CT molecular complexity index is 479. The van der Waals surface area contributed by atoms with Crippen LogP contribution in [-0.4, -0.2) is 47.3 Å². The second kappa shape index (κ2) is 6.38. The first kappa shape index (κ1) is 14.3. The number of piperazine rings is 1. The van der Waals surface area contributed by atoms with E-state index in [9.17, 15) is 0 Å². The van der Waals surface area contributed by atoms with E-state index in [2.05, 4.69) is 26.1 Å². The Balaban J connectivity index is 2.04. The molecule has 0 spiro atoms. The van der Waals surface area contributed by atoms with Crippen molar-refractivity contribution in [3.63, 3.8) is 0 Å². The molecule has 2 rings (SSSR count). The molecule has 1 saturated heterocycles. The Morgan fingerprint density at radius 2 is 2.00 bits per heavy atom. The predicted molar refractivity (Wildman–Crippen MR) is 75.5 cm³/mol. The summed E-state index contributed by atoms with van der Waals surface area (Å²) in [5.74, 6) is 0. The van der Waals surface area contributed by atoms with Gasteiger partial charge in [0.25, 0.3) is 0 Å². The normalized spacial score (nSPS) is 18.1. The molecule has 0 radical (unpaired) electrons. The van der Waals surface area contributed by atoms with Crippen LogP contribution in [0.1, 0.15) is 13.3 Å². The molecule has 1 fully saturated rings. The molecule has 7 heteroatoms. The van der Waals surface area contributed by atoms with Crippen molar-refractivity contribution in [2.45, 2.75) is 19.4 Å². The van der Waals surface area contributed by atoms with Gasteiger partial charge in [-0.1, -0.05) is 30.1 Å². The largest absolute Gasteiger partial charge is 0.366 e. The lowest BCUT2D eigenvalue weighted by Gasteiger charge is -2.37. The van der Waals surface area contributed by atoms with Gasteiger partial charge in [-0.15, -0.1) is 10.2 Å². The summed E-state index contributed by atoms with van der Waals surface area (Å²) in [6.07, 6.45) is 0.847. The zero-order valence-corrected chi connectivity index (χ0v) is 12.2. The average molecular weight is 300 g/mol. The first-order valence-corrected chi connectivity index (χ1v) is 6.98. The summed E-state index contributed by atoms with van der Waals surface area (Å²) < 4.78 is 0. The van der Waals surface area contributed by atoms with Crippen molar-refractivity contribution in [2.75, 3.05) is 31.1 Å². The van der Waals surface area contributed by atoms with E-state index < -0.39 is 0 Å². The van der Waals surface area contributed by atoms with Crippen LogP contribution in [0.25, 0.3) is 0 Å². The predicted octanol–water partition coefficient (Wildman–Crippen LogP) is 2.21. The zero-order valence-electron chi connectivity index (χ0n) is 10.7. The molecule has 0 amide bonds. The van der Waals surface area contributed by atoms with Gasteiger partial charge in [0.15, 0.2) is 10.3 Å². The lowest BCUT2D eigenvalue weighted by molar-refractivity contribution is 0.216. The van der Waals surface area contributed by atoms with Crippen LogP contribution >= 0.6 is 23.2 Å². The number of anilines is 1. The molecule has 5 nitrogen and oxygen atoms in total. The van der Waals surface area contributed by atoms with Gasteiger partial charge in [0.05, 0.1) is 17.8 Å². The monoisotopic (exact) mass is 299 g/mol. The van der Waals surface area contributed by atoms with Crippen LogP contribution in [0.5, 0.6) is 0 Å². The maximum Gasteiger partial charge on any atom is 0.175 e. The van der Waals surface area contributed by atoms with Crippen LogP contribution in [0, 0.1) is 11.3 Å². The molecule has 1 aliphatic rings. The van der Waals surface area contributed by atoms with Crippen molar-refractivity contribution in [3.05, 3.63) is 16.4 Å². The summed E-state index contributed by atoms with van der Waals surface area (Å²) in [5.41, 5.74) is 0.811. The standard InChI is InChI=1S/C12H15Cl2N5/c1-2-9(8-15)18-3-5-19(6-4-18)10-7-11(13)16-17-12(10)14/h7,9H,2-6H2,1H3. The van der Waals surface area contributed by atoms with Crippen molar-refractivity contribution in [1.82, 2.24) is 15.1 Å². The molecule has 2 heterocycles. The van der Waals surface area contributed by atoms with Crippen LogP contribution in [0.15, 0.2) is 6.07 Å². The molecule has 1 atom stereocenters. The number of nitrogens with zero attached hydrogens (tertiary/aromatic N) is 5. The van der Waals surface area contributed by atoms with E-state index in [4.69, 9.17) is 28.5 Å². The van der Waals surface area contributed by atoms with Crippen molar-refractivity contribution in [2.24, 2.45) is 0 Å². The molecule has 1 aliphatic heterocycles. The minimum absolute atomic E-state index is 0.00299. The minimum Gasteiger partial charge on any atom is -0.366 e. The SMILES string of the molecule is CCC(C#N)N1CCN(c2cc(Cl)nnc2Cl)CC1. The third-order valence-corrected chi connectivity index (χ3v) is 3.79. The topological polar surface area (TPSA) is 56.1 Å². The van der Waals surface area contributed by atoms with E-state index in [0.717, 1.165) is 38.3 Å². The van der Waals surface area contributed by atoms with Gasteiger partial charge in [0.2, 0.25) is 0 Å². The molecule has 102 valence electrons. The molecule has 1 aromatic rings. The Kier molecular flexibility index (Phi) is 4.81. The Morgan fingerprint density at radius 3 is 2.58 bits per heavy atom. The van der Waals surface area contributed by atoms with E-state index in [1.807, 2.05) is 6.92 Å². The molecule has 0 N–H and O–H groups in total. The van der Waals surface area contributed by atoms with Crippen LogP contribution in [-0.2, 0) is 0 Å².